The zero-order valence-corrected chi connectivity index (χ0v) is 10.4. The number of imidazole rings is 1. The Bertz CT molecular complexity index is 466. The summed E-state index contributed by atoms with van der Waals surface area (Å²) in [5.41, 5.74) is 0.559. The molecular weight excluding hydrogens is 246 g/mol. The predicted molar refractivity (Wildman–Crippen MR) is 60.9 cm³/mol. The Morgan fingerprint density at radius 1 is 1.59 bits per heavy atom. The third-order valence-corrected chi connectivity index (χ3v) is 4.06. The molecule has 1 aromatic heterocycles. The molecule has 0 unspecified atom stereocenters. The molecule has 0 spiro atoms. The van der Waals surface area contributed by atoms with Crippen LogP contribution in [0.5, 0.6) is 0 Å². The Morgan fingerprint density at radius 2 is 2.24 bits per heavy atom. The molecular formula is C9H15N3O4S. The molecule has 1 aromatic rings. The van der Waals surface area contributed by atoms with Crippen LogP contribution in [-0.4, -0.2) is 40.8 Å². The number of hydrogen-bond acceptors (Lipinski definition) is 4. The van der Waals surface area contributed by atoms with Gasteiger partial charge >= 0.3 is 5.97 Å². The summed E-state index contributed by atoms with van der Waals surface area (Å²) < 4.78 is 25.3. The number of sulfonamides is 1. The molecule has 0 saturated heterocycles. The van der Waals surface area contributed by atoms with Crippen LogP contribution in [0.25, 0.3) is 0 Å². The minimum absolute atomic E-state index is 0.0291. The van der Waals surface area contributed by atoms with E-state index in [9.17, 15) is 13.2 Å². The highest BCUT2D eigenvalue weighted by Crippen LogP contribution is 2.03. The number of H-pyrrole nitrogens is 1. The lowest BCUT2D eigenvalue weighted by Gasteiger charge is -2.15. The number of carbonyl (C=O) groups is 1. The fraction of sp³-hybridized carbons (Fsp3) is 0.556. The third kappa shape index (κ3) is 3.82. The van der Waals surface area contributed by atoms with E-state index < -0.39 is 27.3 Å². The largest absolute Gasteiger partial charge is 0.480 e. The number of hydrogen-bond donors (Lipinski definition) is 3. The lowest BCUT2D eigenvalue weighted by molar-refractivity contribution is -0.138. The summed E-state index contributed by atoms with van der Waals surface area (Å²) in [6.45, 7) is 2.97. The summed E-state index contributed by atoms with van der Waals surface area (Å²) in [5.74, 6) is -1.22. The minimum atomic E-state index is -3.61. The first-order chi connectivity index (χ1) is 7.83. The lowest BCUT2D eigenvalue weighted by atomic mass is 10.2. The SMILES string of the molecule is CC(C)S(=O)(=O)N[C@H](Cc1cnc[nH]1)C(=O)O. The van der Waals surface area contributed by atoms with Crippen LogP contribution < -0.4 is 4.72 Å². The van der Waals surface area contributed by atoms with Crippen molar-refractivity contribution < 1.29 is 18.3 Å². The van der Waals surface area contributed by atoms with E-state index in [2.05, 4.69) is 14.7 Å². The molecule has 0 aliphatic rings. The second-order valence-electron chi connectivity index (χ2n) is 3.88. The van der Waals surface area contributed by atoms with E-state index >= 15 is 0 Å². The first-order valence-corrected chi connectivity index (χ1v) is 6.58. The quantitative estimate of drug-likeness (QED) is 0.652. The number of aliphatic carboxylic acids is 1. The summed E-state index contributed by atoms with van der Waals surface area (Å²) in [7, 11) is -3.61. The first-order valence-electron chi connectivity index (χ1n) is 5.04. The Kier molecular flexibility index (Phi) is 4.24. The highest BCUT2D eigenvalue weighted by Gasteiger charge is 2.26. The monoisotopic (exact) mass is 261 g/mol. The first kappa shape index (κ1) is 13.7. The molecule has 96 valence electrons. The predicted octanol–water partition coefficient (Wildman–Crippen LogP) is -0.267. The van der Waals surface area contributed by atoms with Crippen molar-refractivity contribution in [2.24, 2.45) is 0 Å². The van der Waals surface area contributed by atoms with Crippen molar-refractivity contribution in [1.29, 1.82) is 0 Å². The summed E-state index contributed by atoms with van der Waals surface area (Å²) in [5, 5.41) is 8.28. The van der Waals surface area contributed by atoms with Crippen LogP contribution in [0.4, 0.5) is 0 Å². The van der Waals surface area contributed by atoms with Crippen LogP contribution >= 0.6 is 0 Å². The molecule has 17 heavy (non-hydrogen) atoms. The van der Waals surface area contributed by atoms with Gasteiger partial charge in [0.1, 0.15) is 6.04 Å². The van der Waals surface area contributed by atoms with Crippen molar-refractivity contribution in [3.8, 4) is 0 Å². The van der Waals surface area contributed by atoms with Crippen LogP contribution in [-0.2, 0) is 21.2 Å². The molecule has 1 heterocycles. The van der Waals surface area contributed by atoms with E-state index in [0.717, 1.165) is 0 Å². The number of carboxylic acid groups (broad SMARTS) is 1. The molecule has 7 nitrogen and oxygen atoms in total. The highest BCUT2D eigenvalue weighted by molar-refractivity contribution is 7.90. The van der Waals surface area contributed by atoms with Gasteiger partial charge in [-0.15, -0.1) is 0 Å². The third-order valence-electron chi connectivity index (χ3n) is 2.20. The van der Waals surface area contributed by atoms with E-state index in [-0.39, 0.29) is 6.42 Å². The van der Waals surface area contributed by atoms with Crippen LogP contribution in [0.2, 0.25) is 0 Å². The van der Waals surface area contributed by atoms with Crippen molar-refractivity contribution in [2.45, 2.75) is 31.6 Å². The molecule has 1 atom stereocenters. The lowest BCUT2D eigenvalue weighted by Crippen LogP contribution is -2.45. The molecule has 0 bridgehead atoms. The van der Waals surface area contributed by atoms with Gasteiger partial charge in [0, 0.05) is 18.3 Å². The Labute approximate surface area is 99.3 Å². The van der Waals surface area contributed by atoms with Crippen molar-refractivity contribution in [2.75, 3.05) is 0 Å². The molecule has 0 aliphatic carbocycles. The van der Waals surface area contributed by atoms with Gasteiger partial charge in [-0.1, -0.05) is 0 Å². The van der Waals surface area contributed by atoms with Crippen LogP contribution in [0.15, 0.2) is 12.5 Å². The van der Waals surface area contributed by atoms with Crippen molar-refractivity contribution in [3.63, 3.8) is 0 Å². The van der Waals surface area contributed by atoms with Crippen molar-refractivity contribution in [3.05, 3.63) is 18.2 Å². The number of nitrogens with one attached hydrogen (secondary N) is 2. The number of nitrogens with zero attached hydrogens (tertiary/aromatic N) is 1. The average molecular weight is 261 g/mol. The van der Waals surface area contributed by atoms with E-state index in [1.807, 2.05) is 0 Å². The Morgan fingerprint density at radius 3 is 2.65 bits per heavy atom. The normalized spacial score (nSPS) is 13.8. The smallest absolute Gasteiger partial charge is 0.322 e. The Balaban J connectivity index is 2.78. The van der Waals surface area contributed by atoms with Crippen LogP contribution in [0, 0.1) is 0 Å². The summed E-state index contributed by atoms with van der Waals surface area (Å²) in [6, 6.07) is -1.19. The number of aromatic amines is 1. The topological polar surface area (TPSA) is 112 Å². The maximum Gasteiger partial charge on any atom is 0.322 e. The second-order valence-corrected chi connectivity index (χ2v) is 6.15. The number of carboxylic acids is 1. The van der Waals surface area contributed by atoms with Gasteiger partial charge in [-0.3, -0.25) is 4.79 Å². The molecule has 0 amide bonds. The zero-order chi connectivity index (χ0) is 13.1. The average Bonchev–Trinajstić information content (AvgIpc) is 2.68. The molecule has 0 saturated carbocycles. The summed E-state index contributed by atoms with van der Waals surface area (Å²) in [4.78, 5) is 17.4. The maximum absolute atomic E-state index is 11.6. The van der Waals surface area contributed by atoms with Crippen LogP contribution in [0.3, 0.4) is 0 Å². The van der Waals surface area contributed by atoms with Crippen LogP contribution in [0.1, 0.15) is 19.5 Å². The fourth-order valence-electron chi connectivity index (χ4n) is 1.13. The minimum Gasteiger partial charge on any atom is -0.480 e. The molecule has 3 N–H and O–H groups in total. The molecule has 0 aliphatic heterocycles. The van der Waals surface area contributed by atoms with Gasteiger partial charge in [0.2, 0.25) is 10.0 Å². The van der Waals surface area contributed by atoms with Gasteiger partial charge in [0.15, 0.2) is 0 Å². The maximum atomic E-state index is 11.6. The van der Waals surface area contributed by atoms with Crippen molar-refractivity contribution >= 4 is 16.0 Å². The Hall–Kier alpha value is -1.41. The summed E-state index contributed by atoms with van der Waals surface area (Å²) >= 11 is 0. The van der Waals surface area contributed by atoms with Gasteiger partial charge in [0.05, 0.1) is 11.6 Å². The molecule has 0 radical (unpaired) electrons. The molecule has 0 aromatic carbocycles. The van der Waals surface area contributed by atoms with E-state index in [1.165, 1.54) is 26.4 Å². The molecule has 1 rings (SSSR count). The van der Waals surface area contributed by atoms with E-state index in [0.29, 0.717) is 5.69 Å². The van der Waals surface area contributed by atoms with Gasteiger partial charge in [-0.05, 0) is 13.8 Å². The standard InChI is InChI=1S/C9H15N3O4S/c1-6(2)17(15,16)12-8(9(13)14)3-7-4-10-5-11-7/h4-6,8,12H,3H2,1-2H3,(H,10,11)(H,13,14)/t8-/m1/s1. The molecule has 0 fully saturated rings. The number of aromatic nitrogens is 2. The van der Waals surface area contributed by atoms with E-state index in [4.69, 9.17) is 5.11 Å². The van der Waals surface area contributed by atoms with Gasteiger partial charge in [0.25, 0.3) is 0 Å². The fourth-order valence-corrected chi connectivity index (χ4v) is 1.98. The van der Waals surface area contributed by atoms with E-state index in [1.54, 1.807) is 0 Å². The molecule has 8 heteroatoms. The van der Waals surface area contributed by atoms with Gasteiger partial charge < -0.3 is 10.1 Å². The zero-order valence-electron chi connectivity index (χ0n) is 9.54. The van der Waals surface area contributed by atoms with Gasteiger partial charge in [-0.2, -0.15) is 0 Å². The summed E-state index contributed by atoms with van der Waals surface area (Å²) in [6.07, 6.45) is 2.89. The van der Waals surface area contributed by atoms with Gasteiger partial charge in [-0.25, -0.2) is 18.1 Å². The second kappa shape index (κ2) is 5.28. The number of rotatable bonds is 6. The van der Waals surface area contributed by atoms with Crippen molar-refractivity contribution in [1.82, 2.24) is 14.7 Å². The highest BCUT2D eigenvalue weighted by atomic mass is 32.2.